The molecule has 1 heterocycles. The lowest BCUT2D eigenvalue weighted by molar-refractivity contribution is 0.582. The SMILES string of the molecule is c1cc(-c2ccco2)cc(-c2cccc3c2C2(c4ccccc4-c4ccccc42)c2ccccc2-3)c1. The normalized spacial score (nSPS) is 13.8. The second-order valence-corrected chi connectivity index (χ2v) is 9.67. The molecule has 1 heteroatoms. The van der Waals surface area contributed by atoms with E-state index in [-0.39, 0.29) is 5.41 Å². The lowest BCUT2D eigenvalue weighted by Crippen LogP contribution is -2.26. The molecule has 1 nitrogen and oxygen atoms in total. The van der Waals surface area contributed by atoms with E-state index in [0.717, 1.165) is 11.3 Å². The summed E-state index contributed by atoms with van der Waals surface area (Å²) in [5.41, 5.74) is 14.0. The Morgan fingerprint density at radius 2 is 0.944 bits per heavy atom. The van der Waals surface area contributed by atoms with E-state index >= 15 is 0 Å². The fourth-order valence-corrected chi connectivity index (χ4v) is 6.68. The van der Waals surface area contributed by atoms with Gasteiger partial charge in [0, 0.05) is 5.56 Å². The van der Waals surface area contributed by atoms with Crippen molar-refractivity contribution in [2.45, 2.75) is 5.41 Å². The topological polar surface area (TPSA) is 13.1 Å². The minimum Gasteiger partial charge on any atom is -0.464 e. The van der Waals surface area contributed by atoms with Gasteiger partial charge in [-0.05, 0) is 73.8 Å². The van der Waals surface area contributed by atoms with Crippen LogP contribution in [0.25, 0.3) is 44.7 Å². The Balaban J connectivity index is 1.51. The summed E-state index contributed by atoms with van der Waals surface area (Å²) in [4.78, 5) is 0. The first-order chi connectivity index (χ1) is 17.9. The third-order valence-corrected chi connectivity index (χ3v) is 7.99. The summed E-state index contributed by atoms with van der Waals surface area (Å²) < 4.78 is 5.74. The maximum Gasteiger partial charge on any atom is 0.133 e. The van der Waals surface area contributed by atoms with E-state index in [4.69, 9.17) is 4.42 Å². The Kier molecular flexibility index (Phi) is 3.93. The molecule has 8 rings (SSSR count). The van der Waals surface area contributed by atoms with Crippen LogP contribution in [0.15, 0.2) is 138 Å². The number of benzene rings is 5. The molecule has 6 aromatic rings. The van der Waals surface area contributed by atoms with Crippen LogP contribution in [0.3, 0.4) is 0 Å². The van der Waals surface area contributed by atoms with Crippen molar-refractivity contribution >= 4 is 0 Å². The molecule has 5 aromatic carbocycles. The summed E-state index contributed by atoms with van der Waals surface area (Å²) in [7, 11) is 0. The fraction of sp³-hybridized carbons (Fsp3) is 0.0286. The minimum absolute atomic E-state index is 0.351. The molecule has 0 aliphatic heterocycles. The maximum absolute atomic E-state index is 5.74. The van der Waals surface area contributed by atoms with E-state index < -0.39 is 0 Å². The van der Waals surface area contributed by atoms with Crippen molar-refractivity contribution in [1.29, 1.82) is 0 Å². The molecule has 0 fully saturated rings. The molecule has 0 saturated heterocycles. The van der Waals surface area contributed by atoms with Gasteiger partial charge in [0.05, 0.1) is 11.7 Å². The standard InChI is InChI=1S/C35H22O/c1-4-17-30-26(12-1)27-13-2-5-18-31(27)35(30)32-19-6-3-14-28(32)29-16-8-15-25(34(29)35)23-10-7-11-24(22-23)33-20-9-21-36-33/h1-22H. The van der Waals surface area contributed by atoms with Crippen molar-refractivity contribution in [3.63, 3.8) is 0 Å². The van der Waals surface area contributed by atoms with Crippen molar-refractivity contribution < 1.29 is 4.42 Å². The molecule has 0 saturated carbocycles. The van der Waals surface area contributed by atoms with E-state index in [0.29, 0.717) is 0 Å². The van der Waals surface area contributed by atoms with Gasteiger partial charge in [-0.1, -0.05) is 109 Å². The highest BCUT2D eigenvalue weighted by molar-refractivity contribution is 5.98. The lowest BCUT2D eigenvalue weighted by Gasteiger charge is -2.32. The smallest absolute Gasteiger partial charge is 0.133 e. The maximum atomic E-state index is 5.74. The van der Waals surface area contributed by atoms with E-state index in [1.54, 1.807) is 6.26 Å². The first kappa shape index (κ1) is 19.7. The van der Waals surface area contributed by atoms with Gasteiger partial charge in [-0.2, -0.15) is 0 Å². The molecule has 168 valence electrons. The average molecular weight is 459 g/mol. The van der Waals surface area contributed by atoms with Gasteiger partial charge in [0.1, 0.15) is 5.76 Å². The van der Waals surface area contributed by atoms with Crippen LogP contribution in [0, 0.1) is 0 Å². The van der Waals surface area contributed by atoms with Crippen LogP contribution in [-0.2, 0) is 5.41 Å². The molecule has 0 bridgehead atoms. The van der Waals surface area contributed by atoms with Crippen LogP contribution < -0.4 is 0 Å². The molecule has 0 unspecified atom stereocenters. The first-order valence-corrected chi connectivity index (χ1v) is 12.4. The number of hydrogen-bond acceptors (Lipinski definition) is 1. The second kappa shape index (κ2) is 7.19. The van der Waals surface area contributed by atoms with E-state index in [2.05, 4.69) is 115 Å². The molecule has 0 radical (unpaired) electrons. The van der Waals surface area contributed by atoms with Crippen molar-refractivity contribution in [2.75, 3.05) is 0 Å². The third-order valence-electron chi connectivity index (χ3n) is 7.99. The van der Waals surface area contributed by atoms with E-state index in [1.165, 1.54) is 55.6 Å². The Bertz CT molecular complexity index is 1720. The molecular weight excluding hydrogens is 436 g/mol. The van der Waals surface area contributed by atoms with Crippen molar-refractivity contribution in [1.82, 2.24) is 0 Å². The molecule has 0 N–H and O–H groups in total. The van der Waals surface area contributed by atoms with Gasteiger partial charge >= 0.3 is 0 Å². The van der Waals surface area contributed by atoms with Gasteiger partial charge in [0.15, 0.2) is 0 Å². The monoisotopic (exact) mass is 458 g/mol. The summed E-state index contributed by atoms with van der Waals surface area (Å²) in [5, 5.41) is 0. The van der Waals surface area contributed by atoms with Crippen LogP contribution in [0.5, 0.6) is 0 Å². The Labute approximate surface area is 210 Å². The summed E-state index contributed by atoms with van der Waals surface area (Å²) in [6, 6.07) is 46.4. The van der Waals surface area contributed by atoms with Gasteiger partial charge in [0.2, 0.25) is 0 Å². The van der Waals surface area contributed by atoms with E-state index in [1.807, 2.05) is 12.1 Å². The fourth-order valence-electron chi connectivity index (χ4n) is 6.68. The molecule has 1 spiro atoms. The van der Waals surface area contributed by atoms with Gasteiger partial charge < -0.3 is 4.42 Å². The van der Waals surface area contributed by atoms with Crippen molar-refractivity contribution in [3.05, 3.63) is 156 Å². The van der Waals surface area contributed by atoms with Gasteiger partial charge in [-0.25, -0.2) is 0 Å². The molecule has 2 aliphatic carbocycles. The average Bonchev–Trinajstić information content (AvgIpc) is 3.66. The lowest BCUT2D eigenvalue weighted by atomic mass is 9.68. The van der Waals surface area contributed by atoms with Crippen LogP contribution >= 0.6 is 0 Å². The second-order valence-electron chi connectivity index (χ2n) is 9.67. The summed E-state index contributed by atoms with van der Waals surface area (Å²) >= 11 is 0. The Morgan fingerprint density at radius 1 is 0.417 bits per heavy atom. The third kappa shape index (κ3) is 2.40. The number of fused-ring (bicyclic) bond motifs is 10. The summed E-state index contributed by atoms with van der Waals surface area (Å²) in [5.74, 6) is 0.888. The van der Waals surface area contributed by atoms with Gasteiger partial charge in [-0.3, -0.25) is 0 Å². The molecule has 0 amide bonds. The quantitative estimate of drug-likeness (QED) is 0.252. The summed E-state index contributed by atoms with van der Waals surface area (Å²) in [6.07, 6.45) is 1.74. The highest BCUT2D eigenvalue weighted by Crippen LogP contribution is 2.64. The van der Waals surface area contributed by atoms with Crippen LogP contribution in [0.2, 0.25) is 0 Å². The largest absolute Gasteiger partial charge is 0.464 e. The molecular formula is C35H22O. The minimum atomic E-state index is -0.351. The molecule has 36 heavy (non-hydrogen) atoms. The zero-order valence-corrected chi connectivity index (χ0v) is 19.6. The number of rotatable bonds is 2. The van der Waals surface area contributed by atoms with Crippen LogP contribution in [-0.4, -0.2) is 0 Å². The Morgan fingerprint density at radius 3 is 1.58 bits per heavy atom. The molecule has 0 atom stereocenters. The molecule has 1 aromatic heterocycles. The summed E-state index contributed by atoms with van der Waals surface area (Å²) in [6.45, 7) is 0. The van der Waals surface area contributed by atoms with Gasteiger partial charge in [-0.15, -0.1) is 0 Å². The highest BCUT2D eigenvalue weighted by atomic mass is 16.3. The Hall–Kier alpha value is -4.62. The van der Waals surface area contributed by atoms with Gasteiger partial charge in [0.25, 0.3) is 0 Å². The zero-order valence-electron chi connectivity index (χ0n) is 19.6. The van der Waals surface area contributed by atoms with Crippen LogP contribution in [0.4, 0.5) is 0 Å². The van der Waals surface area contributed by atoms with E-state index in [9.17, 15) is 0 Å². The zero-order chi connectivity index (χ0) is 23.7. The number of hydrogen-bond donors (Lipinski definition) is 0. The predicted molar refractivity (Wildman–Crippen MR) is 146 cm³/mol. The highest BCUT2D eigenvalue weighted by Gasteiger charge is 2.52. The predicted octanol–water partition coefficient (Wildman–Crippen LogP) is 8.96. The van der Waals surface area contributed by atoms with Crippen molar-refractivity contribution in [2.24, 2.45) is 0 Å². The number of furan rings is 1. The van der Waals surface area contributed by atoms with Crippen LogP contribution in [0.1, 0.15) is 22.3 Å². The van der Waals surface area contributed by atoms with Crippen molar-refractivity contribution in [3.8, 4) is 44.7 Å². The molecule has 2 aliphatic rings. The first-order valence-electron chi connectivity index (χ1n) is 12.4.